The molecule has 0 radical (unpaired) electrons. The Morgan fingerprint density at radius 1 is 1.22 bits per heavy atom. The van der Waals surface area contributed by atoms with E-state index in [1.54, 1.807) is 12.4 Å². The van der Waals surface area contributed by atoms with Gasteiger partial charge in [-0.15, -0.1) is 0 Å². The summed E-state index contributed by atoms with van der Waals surface area (Å²) in [7, 11) is 0. The van der Waals surface area contributed by atoms with E-state index in [4.69, 9.17) is 4.74 Å². The van der Waals surface area contributed by atoms with E-state index in [-0.39, 0.29) is 0 Å². The molecule has 3 heteroatoms. The number of hydrogen-bond donors (Lipinski definition) is 1. The fraction of sp³-hybridized carbons (Fsp3) is 0.267. The van der Waals surface area contributed by atoms with Crippen LogP contribution in [0.3, 0.4) is 0 Å². The van der Waals surface area contributed by atoms with Gasteiger partial charge in [-0.1, -0.05) is 24.3 Å². The standard InChI is InChI=1S/C15H15NO2/c17-15(6-11-2-1-5-16-8-11)12-3-4-13-9-18-10-14(13)7-12/h1-5,7-8,15,17H,6,9-10H2. The molecule has 0 bridgehead atoms. The Morgan fingerprint density at radius 2 is 2.11 bits per heavy atom. The molecule has 1 N–H and O–H groups in total. The van der Waals surface area contributed by atoms with Crippen LogP contribution in [-0.2, 0) is 24.4 Å². The van der Waals surface area contributed by atoms with Gasteiger partial charge in [0.2, 0.25) is 0 Å². The Labute approximate surface area is 106 Å². The molecule has 18 heavy (non-hydrogen) atoms. The van der Waals surface area contributed by atoms with E-state index in [2.05, 4.69) is 4.98 Å². The van der Waals surface area contributed by atoms with Crippen LogP contribution in [0.5, 0.6) is 0 Å². The molecule has 1 unspecified atom stereocenters. The predicted octanol–water partition coefficient (Wildman–Crippen LogP) is 2.39. The highest BCUT2D eigenvalue weighted by Crippen LogP contribution is 2.25. The number of benzene rings is 1. The van der Waals surface area contributed by atoms with Crippen molar-refractivity contribution in [3.05, 3.63) is 65.0 Å². The molecule has 2 aromatic rings. The van der Waals surface area contributed by atoms with E-state index >= 15 is 0 Å². The van der Waals surface area contributed by atoms with Crippen molar-refractivity contribution in [2.75, 3.05) is 0 Å². The molecular weight excluding hydrogens is 226 g/mol. The topological polar surface area (TPSA) is 42.4 Å². The number of ether oxygens (including phenoxy) is 1. The number of aliphatic hydroxyl groups excluding tert-OH is 1. The van der Waals surface area contributed by atoms with Crippen molar-refractivity contribution in [2.24, 2.45) is 0 Å². The summed E-state index contributed by atoms with van der Waals surface area (Å²) in [5.74, 6) is 0. The van der Waals surface area contributed by atoms with Gasteiger partial charge in [0.15, 0.2) is 0 Å². The minimum atomic E-state index is -0.486. The van der Waals surface area contributed by atoms with E-state index in [9.17, 15) is 5.11 Å². The molecule has 0 aliphatic carbocycles. The van der Waals surface area contributed by atoms with Gasteiger partial charge >= 0.3 is 0 Å². The lowest BCUT2D eigenvalue weighted by molar-refractivity contribution is 0.134. The highest BCUT2D eigenvalue weighted by molar-refractivity contribution is 5.34. The second-order valence-electron chi connectivity index (χ2n) is 4.60. The number of nitrogens with zero attached hydrogens (tertiary/aromatic N) is 1. The minimum Gasteiger partial charge on any atom is -0.388 e. The molecule has 0 spiro atoms. The van der Waals surface area contributed by atoms with Gasteiger partial charge < -0.3 is 9.84 Å². The van der Waals surface area contributed by atoms with Crippen molar-refractivity contribution in [2.45, 2.75) is 25.7 Å². The van der Waals surface area contributed by atoms with Gasteiger partial charge in [-0.05, 0) is 28.3 Å². The third-order valence-corrected chi connectivity index (χ3v) is 3.28. The molecule has 1 aliphatic heterocycles. The molecule has 0 amide bonds. The number of pyridine rings is 1. The van der Waals surface area contributed by atoms with Gasteiger partial charge in [0, 0.05) is 18.8 Å². The number of aliphatic hydroxyl groups is 1. The van der Waals surface area contributed by atoms with Gasteiger partial charge in [-0.3, -0.25) is 4.98 Å². The number of fused-ring (bicyclic) bond motifs is 1. The molecule has 1 aromatic heterocycles. The maximum Gasteiger partial charge on any atom is 0.0831 e. The molecule has 1 aliphatic rings. The molecule has 1 aromatic carbocycles. The molecule has 3 rings (SSSR count). The first-order chi connectivity index (χ1) is 8.83. The largest absolute Gasteiger partial charge is 0.388 e. The molecule has 92 valence electrons. The molecule has 0 saturated heterocycles. The first-order valence-electron chi connectivity index (χ1n) is 6.09. The van der Waals surface area contributed by atoms with Gasteiger partial charge in [0.05, 0.1) is 19.3 Å². The molecule has 2 heterocycles. The van der Waals surface area contributed by atoms with Crippen LogP contribution in [0.4, 0.5) is 0 Å². The predicted molar refractivity (Wildman–Crippen MR) is 67.8 cm³/mol. The second-order valence-corrected chi connectivity index (χ2v) is 4.60. The van der Waals surface area contributed by atoms with Crippen LogP contribution in [0.2, 0.25) is 0 Å². The lowest BCUT2D eigenvalue weighted by Crippen LogP contribution is -2.03. The molecule has 3 nitrogen and oxygen atoms in total. The summed E-state index contributed by atoms with van der Waals surface area (Å²) in [5.41, 5.74) is 4.41. The summed E-state index contributed by atoms with van der Waals surface area (Å²) in [5, 5.41) is 10.2. The smallest absolute Gasteiger partial charge is 0.0831 e. The first-order valence-corrected chi connectivity index (χ1v) is 6.09. The Hall–Kier alpha value is -1.71. The van der Waals surface area contributed by atoms with Gasteiger partial charge in [0.25, 0.3) is 0 Å². The highest BCUT2D eigenvalue weighted by Gasteiger charge is 2.15. The zero-order chi connectivity index (χ0) is 12.4. The summed E-state index contributed by atoms with van der Waals surface area (Å²) in [6.07, 6.45) is 3.63. The summed E-state index contributed by atoms with van der Waals surface area (Å²) in [6.45, 7) is 1.34. The third kappa shape index (κ3) is 2.28. The van der Waals surface area contributed by atoms with Gasteiger partial charge in [-0.2, -0.15) is 0 Å². The zero-order valence-electron chi connectivity index (χ0n) is 10.0. The van der Waals surface area contributed by atoms with Crippen molar-refractivity contribution < 1.29 is 9.84 Å². The lowest BCUT2D eigenvalue weighted by atomic mass is 9.99. The summed E-state index contributed by atoms with van der Waals surface area (Å²) in [6, 6.07) is 9.94. The molecular formula is C15H15NO2. The van der Waals surface area contributed by atoms with Crippen LogP contribution in [0, 0.1) is 0 Å². The monoisotopic (exact) mass is 241 g/mol. The highest BCUT2D eigenvalue weighted by atomic mass is 16.5. The quantitative estimate of drug-likeness (QED) is 0.897. The van der Waals surface area contributed by atoms with Crippen LogP contribution in [0.1, 0.15) is 28.4 Å². The van der Waals surface area contributed by atoms with Gasteiger partial charge in [-0.25, -0.2) is 0 Å². The van der Waals surface area contributed by atoms with Crippen molar-refractivity contribution >= 4 is 0 Å². The minimum absolute atomic E-state index is 0.486. The normalized spacial score (nSPS) is 15.4. The van der Waals surface area contributed by atoms with Crippen molar-refractivity contribution in [1.82, 2.24) is 4.98 Å². The van der Waals surface area contributed by atoms with Gasteiger partial charge in [0.1, 0.15) is 0 Å². The van der Waals surface area contributed by atoms with Crippen LogP contribution in [0.15, 0.2) is 42.7 Å². The van der Waals surface area contributed by atoms with Crippen molar-refractivity contribution in [3.63, 3.8) is 0 Å². The number of rotatable bonds is 3. The van der Waals surface area contributed by atoms with E-state index < -0.39 is 6.10 Å². The van der Waals surface area contributed by atoms with Crippen LogP contribution in [0.25, 0.3) is 0 Å². The molecule has 0 saturated carbocycles. The van der Waals surface area contributed by atoms with Crippen molar-refractivity contribution in [3.8, 4) is 0 Å². The third-order valence-electron chi connectivity index (χ3n) is 3.28. The van der Waals surface area contributed by atoms with Crippen molar-refractivity contribution in [1.29, 1.82) is 0 Å². The second kappa shape index (κ2) is 4.88. The fourth-order valence-corrected chi connectivity index (χ4v) is 2.26. The Balaban J connectivity index is 1.78. The van der Waals surface area contributed by atoms with E-state index in [0.29, 0.717) is 19.6 Å². The SMILES string of the molecule is OC(Cc1cccnc1)c1ccc2c(c1)COC2. The van der Waals surface area contributed by atoms with E-state index in [1.165, 1.54) is 11.1 Å². The Bertz CT molecular complexity index is 539. The van der Waals surface area contributed by atoms with Crippen LogP contribution >= 0.6 is 0 Å². The summed E-state index contributed by atoms with van der Waals surface area (Å²) in [4.78, 5) is 4.06. The fourth-order valence-electron chi connectivity index (χ4n) is 2.26. The molecule has 0 fully saturated rings. The summed E-state index contributed by atoms with van der Waals surface area (Å²) < 4.78 is 5.38. The number of aromatic nitrogens is 1. The summed E-state index contributed by atoms with van der Waals surface area (Å²) >= 11 is 0. The average Bonchev–Trinajstić information content (AvgIpc) is 2.87. The van der Waals surface area contributed by atoms with E-state index in [1.807, 2.05) is 30.3 Å². The Morgan fingerprint density at radius 3 is 2.94 bits per heavy atom. The number of hydrogen-bond acceptors (Lipinski definition) is 3. The lowest BCUT2D eigenvalue weighted by Gasteiger charge is -2.12. The molecule has 1 atom stereocenters. The zero-order valence-corrected chi connectivity index (χ0v) is 10.0. The van der Waals surface area contributed by atoms with Crippen LogP contribution < -0.4 is 0 Å². The van der Waals surface area contributed by atoms with E-state index in [0.717, 1.165) is 11.1 Å². The average molecular weight is 241 g/mol. The maximum atomic E-state index is 10.2. The maximum absolute atomic E-state index is 10.2. The van der Waals surface area contributed by atoms with Crippen LogP contribution in [-0.4, -0.2) is 10.1 Å². The first kappa shape index (κ1) is 11.4. The Kier molecular flexibility index (Phi) is 3.09.